The van der Waals surface area contributed by atoms with Crippen LogP contribution < -0.4 is 10.0 Å². The lowest BCUT2D eigenvalue weighted by Crippen LogP contribution is -2.44. The molecular formula is C13H22N4O4S. The summed E-state index contributed by atoms with van der Waals surface area (Å²) < 4.78 is 29.6. The molecule has 1 heterocycles. The van der Waals surface area contributed by atoms with Crippen LogP contribution in [0.3, 0.4) is 0 Å². The van der Waals surface area contributed by atoms with Crippen molar-refractivity contribution in [1.29, 1.82) is 0 Å². The molecule has 0 spiro atoms. The fourth-order valence-corrected chi connectivity index (χ4v) is 3.28. The molecule has 1 aliphatic rings. The molecule has 1 amide bonds. The number of nitrogens with one attached hydrogen (secondary N) is 2. The summed E-state index contributed by atoms with van der Waals surface area (Å²) in [5.74, 6) is 1.23. The Morgan fingerprint density at radius 3 is 2.73 bits per heavy atom. The van der Waals surface area contributed by atoms with E-state index in [0.29, 0.717) is 30.6 Å². The molecule has 1 aromatic rings. The van der Waals surface area contributed by atoms with Gasteiger partial charge in [-0.3, -0.25) is 4.79 Å². The van der Waals surface area contributed by atoms with E-state index in [1.807, 2.05) is 0 Å². The number of aromatic nitrogens is 2. The molecular weight excluding hydrogens is 308 g/mol. The number of rotatable bonds is 7. The second kappa shape index (κ2) is 7.19. The number of amides is 1. The van der Waals surface area contributed by atoms with E-state index in [4.69, 9.17) is 4.52 Å². The molecule has 1 atom stereocenters. The molecule has 2 rings (SSSR count). The van der Waals surface area contributed by atoms with Crippen LogP contribution in [0, 0.1) is 0 Å². The molecule has 8 nitrogen and oxygen atoms in total. The zero-order valence-electron chi connectivity index (χ0n) is 12.8. The van der Waals surface area contributed by atoms with Crippen LogP contribution in [0.25, 0.3) is 0 Å². The van der Waals surface area contributed by atoms with E-state index >= 15 is 0 Å². The highest BCUT2D eigenvalue weighted by atomic mass is 32.2. The van der Waals surface area contributed by atoms with Crippen molar-refractivity contribution in [1.82, 2.24) is 20.2 Å². The molecule has 0 bridgehead atoms. The van der Waals surface area contributed by atoms with Crippen LogP contribution in [0.15, 0.2) is 4.52 Å². The van der Waals surface area contributed by atoms with Crippen LogP contribution in [0.1, 0.15) is 50.2 Å². The average molecular weight is 330 g/mol. The number of carbonyl (C=O) groups is 1. The third kappa shape index (κ3) is 5.06. The quantitative estimate of drug-likeness (QED) is 0.744. The largest absolute Gasteiger partial charge is 0.354 e. The highest BCUT2D eigenvalue weighted by molar-refractivity contribution is 7.88. The first-order chi connectivity index (χ1) is 10.3. The average Bonchev–Trinajstić information content (AvgIpc) is 3.07. The summed E-state index contributed by atoms with van der Waals surface area (Å²) in [4.78, 5) is 16.1. The number of sulfonamides is 1. The van der Waals surface area contributed by atoms with Gasteiger partial charge < -0.3 is 9.84 Å². The van der Waals surface area contributed by atoms with Crippen LogP contribution in [-0.4, -0.2) is 43.3 Å². The predicted octanol–water partition coefficient (Wildman–Crippen LogP) is 0.324. The van der Waals surface area contributed by atoms with Gasteiger partial charge in [-0.2, -0.15) is 4.98 Å². The zero-order chi connectivity index (χ0) is 16.2. The molecule has 9 heteroatoms. The van der Waals surface area contributed by atoms with E-state index in [0.717, 1.165) is 19.1 Å². The fourth-order valence-electron chi connectivity index (χ4n) is 2.53. The van der Waals surface area contributed by atoms with E-state index in [-0.39, 0.29) is 5.91 Å². The van der Waals surface area contributed by atoms with Gasteiger partial charge in [0.15, 0.2) is 5.82 Å². The van der Waals surface area contributed by atoms with Gasteiger partial charge in [-0.1, -0.05) is 18.0 Å². The Bertz CT molecular complexity index is 607. The molecule has 22 heavy (non-hydrogen) atoms. The van der Waals surface area contributed by atoms with Crippen LogP contribution in [0.4, 0.5) is 0 Å². The lowest BCUT2D eigenvalue weighted by Gasteiger charge is -2.11. The van der Waals surface area contributed by atoms with E-state index in [1.165, 1.54) is 19.8 Å². The lowest BCUT2D eigenvalue weighted by atomic mass is 10.1. The molecule has 0 radical (unpaired) electrons. The van der Waals surface area contributed by atoms with Crippen LogP contribution in [0.2, 0.25) is 0 Å². The molecule has 1 aliphatic carbocycles. The van der Waals surface area contributed by atoms with E-state index in [9.17, 15) is 13.2 Å². The maximum absolute atomic E-state index is 11.7. The lowest BCUT2D eigenvalue weighted by molar-refractivity contribution is -0.122. The molecule has 124 valence electrons. The second-order valence-electron chi connectivity index (χ2n) is 5.68. The van der Waals surface area contributed by atoms with Crippen LogP contribution in [0.5, 0.6) is 0 Å². The molecule has 0 unspecified atom stereocenters. The Hall–Kier alpha value is -1.48. The Kier molecular flexibility index (Phi) is 5.52. The minimum Gasteiger partial charge on any atom is -0.354 e. The minimum atomic E-state index is -3.40. The molecule has 0 aromatic carbocycles. The van der Waals surface area contributed by atoms with Gasteiger partial charge in [-0.05, 0) is 19.8 Å². The standard InChI is InChI=1S/C13H22N4O4S/c1-9(17-22(2,19)20)12(18)14-8-7-11-15-13(21-16-11)10-5-3-4-6-10/h9-10,17H,3-8H2,1-2H3,(H,14,18)/t9-/m0/s1. The highest BCUT2D eigenvalue weighted by Gasteiger charge is 2.23. The third-order valence-corrected chi connectivity index (χ3v) is 4.40. The van der Waals surface area contributed by atoms with Gasteiger partial charge in [0, 0.05) is 18.9 Å². The van der Waals surface area contributed by atoms with Gasteiger partial charge in [-0.25, -0.2) is 13.1 Å². The van der Waals surface area contributed by atoms with Crippen molar-refractivity contribution in [3.05, 3.63) is 11.7 Å². The summed E-state index contributed by atoms with van der Waals surface area (Å²) in [6, 6.07) is -0.811. The normalized spacial score (nSPS) is 17.5. The molecule has 0 saturated heterocycles. The molecule has 1 fully saturated rings. The summed E-state index contributed by atoms with van der Waals surface area (Å²) in [5.41, 5.74) is 0. The van der Waals surface area contributed by atoms with Crippen molar-refractivity contribution < 1.29 is 17.7 Å². The maximum atomic E-state index is 11.7. The van der Waals surface area contributed by atoms with Crippen LogP contribution >= 0.6 is 0 Å². The third-order valence-electron chi connectivity index (χ3n) is 3.62. The molecule has 1 saturated carbocycles. The van der Waals surface area contributed by atoms with Crippen molar-refractivity contribution in [2.75, 3.05) is 12.8 Å². The number of carbonyl (C=O) groups excluding carboxylic acids is 1. The second-order valence-corrected chi connectivity index (χ2v) is 7.46. The van der Waals surface area contributed by atoms with Crippen molar-refractivity contribution in [3.8, 4) is 0 Å². The first kappa shape index (κ1) is 16.9. The Morgan fingerprint density at radius 1 is 1.41 bits per heavy atom. The number of hydrogen-bond acceptors (Lipinski definition) is 6. The summed E-state index contributed by atoms with van der Waals surface area (Å²) in [6.07, 6.45) is 6.04. The number of nitrogens with zero attached hydrogens (tertiary/aromatic N) is 2. The SMILES string of the molecule is C[C@H](NS(C)(=O)=O)C(=O)NCCc1noc(C2CCCC2)n1. The van der Waals surface area contributed by atoms with Crippen molar-refractivity contribution in [3.63, 3.8) is 0 Å². The van der Waals surface area contributed by atoms with E-state index < -0.39 is 16.1 Å². The topological polar surface area (TPSA) is 114 Å². The Morgan fingerprint density at radius 2 is 2.09 bits per heavy atom. The van der Waals surface area contributed by atoms with E-state index in [1.54, 1.807) is 0 Å². The summed E-state index contributed by atoms with van der Waals surface area (Å²) in [5, 5.41) is 6.56. The van der Waals surface area contributed by atoms with Gasteiger partial charge in [0.1, 0.15) is 0 Å². The van der Waals surface area contributed by atoms with Gasteiger partial charge in [0.25, 0.3) is 0 Å². The molecule has 1 aromatic heterocycles. The van der Waals surface area contributed by atoms with E-state index in [2.05, 4.69) is 20.2 Å². The van der Waals surface area contributed by atoms with Gasteiger partial charge in [0.05, 0.1) is 12.3 Å². The monoisotopic (exact) mass is 330 g/mol. The summed E-state index contributed by atoms with van der Waals surface area (Å²) in [6.45, 7) is 1.82. The molecule has 2 N–H and O–H groups in total. The van der Waals surface area contributed by atoms with Crippen molar-refractivity contribution >= 4 is 15.9 Å². The van der Waals surface area contributed by atoms with Gasteiger partial charge in [0.2, 0.25) is 21.8 Å². The molecule has 0 aliphatic heterocycles. The zero-order valence-corrected chi connectivity index (χ0v) is 13.6. The van der Waals surface area contributed by atoms with Gasteiger partial charge in [-0.15, -0.1) is 0 Å². The first-order valence-electron chi connectivity index (χ1n) is 7.42. The highest BCUT2D eigenvalue weighted by Crippen LogP contribution is 2.32. The van der Waals surface area contributed by atoms with Crippen LogP contribution in [-0.2, 0) is 21.2 Å². The maximum Gasteiger partial charge on any atom is 0.237 e. The fraction of sp³-hybridized carbons (Fsp3) is 0.769. The summed E-state index contributed by atoms with van der Waals surface area (Å²) in [7, 11) is -3.40. The van der Waals surface area contributed by atoms with Gasteiger partial charge >= 0.3 is 0 Å². The first-order valence-corrected chi connectivity index (χ1v) is 9.32. The minimum absolute atomic E-state index is 0.332. The number of hydrogen-bond donors (Lipinski definition) is 2. The summed E-state index contributed by atoms with van der Waals surface area (Å²) >= 11 is 0. The smallest absolute Gasteiger partial charge is 0.237 e. The van der Waals surface area contributed by atoms with Crippen molar-refractivity contribution in [2.45, 2.75) is 51.0 Å². The predicted molar refractivity (Wildman–Crippen MR) is 79.7 cm³/mol. The Balaban J connectivity index is 1.75. The Labute approximate surface area is 130 Å². The van der Waals surface area contributed by atoms with Crippen molar-refractivity contribution in [2.24, 2.45) is 0 Å².